The maximum Gasteiger partial charge on any atom is 0.188 e. The molecule has 1 saturated carbocycles. The second-order valence-corrected chi connectivity index (χ2v) is 5.51. The lowest BCUT2D eigenvalue weighted by Gasteiger charge is -2.32. The predicted molar refractivity (Wildman–Crippen MR) is 68.4 cm³/mol. The Balaban J connectivity index is 2.32. The van der Waals surface area contributed by atoms with Crippen molar-refractivity contribution in [2.24, 2.45) is 5.41 Å². The number of nitrogens with zero attached hydrogens (tertiary/aromatic N) is 2. The Morgan fingerprint density at radius 1 is 1.47 bits per heavy atom. The zero-order valence-corrected chi connectivity index (χ0v) is 11.3. The van der Waals surface area contributed by atoms with Crippen molar-refractivity contribution in [2.45, 2.75) is 52.5 Å². The third-order valence-electron chi connectivity index (χ3n) is 3.81. The fraction of sp³-hybridized carbons (Fsp3) is 0.692. The van der Waals surface area contributed by atoms with Crippen LogP contribution in [0.3, 0.4) is 0 Å². The Kier molecular flexibility index (Phi) is 3.57. The summed E-state index contributed by atoms with van der Waals surface area (Å²) in [5.41, 5.74) is 0.355. The van der Waals surface area contributed by atoms with Crippen molar-refractivity contribution in [3.63, 3.8) is 0 Å². The van der Waals surface area contributed by atoms with Crippen LogP contribution in [0.25, 0.3) is 0 Å². The largest absolute Gasteiger partial charge is 0.292 e. The molecule has 0 radical (unpaired) electrons. The van der Waals surface area contributed by atoms with Gasteiger partial charge >= 0.3 is 0 Å². The molecule has 4 heteroatoms. The molecule has 1 aliphatic rings. The van der Waals surface area contributed by atoms with Crippen LogP contribution in [-0.2, 0) is 6.54 Å². The molecule has 0 atom stereocenters. The number of hydrogen-bond donors (Lipinski definition) is 0. The lowest BCUT2D eigenvalue weighted by molar-refractivity contribution is 0.0737. The molecule has 1 aliphatic carbocycles. The minimum atomic E-state index is -0.241. The van der Waals surface area contributed by atoms with E-state index in [-0.39, 0.29) is 11.2 Å². The van der Waals surface area contributed by atoms with E-state index < -0.39 is 0 Å². The average molecular weight is 255 g/mol. The molecule has 1 heterocycles. The minimum Gasteiger partial charge on any atom is -0.292 e. The van der Waals surface area contributed by atoms with E-state index in [0.29, 0.717) is 17.3 Å². The van der Waals surface area contributed by atoms with Crippen molar-refractivity contribution < 1.29 is 4.79 Å². The van der Waals surface area contributed by atoms with Gasteiger partial charge in [0.1, 0.15) is 5.69 Å². The number of halogens is 1. The predicted octanol–water partition coefficient (Wildman–Crippen LogP) is 3.71. The summed E-state index contributed by atoms with van der Waals surface area (Å²) in [6, 6.07) is 0. The fourth-order valence-electron chi connectivity index (χ4n) is 2.67. The molecule has 1 aromatic rings. The topological polar surface area (TPSA) is 34.9 Å². The Hall–Kier alpha value is -0.830. The molecule has 1 aromatic heterocycles. The van der Waals surface area contributed by atoms with E-state index in [2.05, 4.69) is 12.0 Å². The molecule has 0 saturated heterocycles. The highest BCUT2D eigenvalue weighted by Gasteiger charge is 2.37. The van der Waals surface area contributed by atoms with Crippen molar-refractivity contribution in [1.29, 1.82) is 0 Å². The van der Waals surface area contributed by atoms with Gasteiger partial charge in [0.25, 0.3) is 0 Å². The smallest absolute Gasteiger partial charge is 0.188 e. The third-order valence-corrected chi connectivity index (χ3v) is 4.09. The Bertz CT molecular complexity index is 419. The number of rotatable bonds is 3. The first kappa shape index (κ1) is 12.6. The van der Waals surface area contributed by atoms with Crippen LogP contribution < -0.4 is 0 Å². The fourth-order valence-corrected chi connectivity index (χ4v) is 2.90. The van der Waals surface area contributed by atoms with Gasteiger partial charge in [-0.25, -0.2) is 0 Å². The summed E-state index contributed by atoms with van der Waals surface area (Å²) < 4.78 is 1.71. The van der Waals surface area contributed by atoms with Gasteiger partial charge in [0, 0.05) is 12.0 Å². The molecule has 0 amide bonds. The van der Waals surface area contributed by atoms with Gasteiger partial charge in [-0.3, -0.25) is 9.48 Å². The number of Topliss-reactive ketones (excluding diaryl/α,β-unsaturated/α-hetero) is 1. The standard InChI is InChI=1S/C13H19ClN2O/c1-3-16-11(10(14)9-15-16)12(17)13(2)7-5-4-6-8-13/h9H,3-8H2,1-2H3. The Morgan fingerprint density at radius 3 is 2.71 bits per heavy atom. The molecule has 94 valence electrons. The summed E-state index contributed by atoms with van der Waals surface area (Å²) in [5, 5.41) is 4.63. The molecular weight excluding hydrogens is 236 g/mol. The Morgan fingerprint density at radius 2 is 2.12 bits per heavy atom. The summed E-state index contributed by atoms with van der Waals surface area (Å²) in [5.74, 6) is 0.168. The number of hydrogen-bond acceptors (Lipinski definition) is 2. The highest BCUT2D eigenvalue weighted by Crippen LogP contribution is 2.39. The maximum absolute atomic E-state index is 12.6. The van der Waals surface area contributed by atoms with E-state index >= 15 is 0 Å². The SMILES string of the molecule is CCn1ncc(Cl)c1C(=O)C1(C)CCCCC1. The van der Waals surface area contributed by atoms with Gasteiger partial charge in [-0.05, 0) is 19.8 Å². The van der Waals surface area contributed by atoms with Gasteiger partial charge in [0.2, 0.25) is 0 Å². The number of ketones is 1. The zero-order chi connectivity index (χ0) is 12.5. The summed E-state index contributed by atoms with van der Waals surface area (Å²) in [6.07, 6.45) is 7.03. The van der Waals surface area contributed by atoms with Crippen LogP contribution in [0, 0.1) is 5.41 Å². The van der Waals surface area contributed by atoms with Gasteiger partial charge in [0.05, 0.1) is 11.2 Å². The molecule has 0 N–H and O–H groups in total. The lowest BCUT2D eigenvalue weighted by Crippen LogP contribution is -2.32. The first-order chi connectivity index (χ1) is 8.08. The van der Waals surface area contributed by atoms with Crippen molar-refractivity contribution in [3.05, 3.63) is 16.9 Å². The molecular formula is C13H19ClN2O. The first-order valence-corrected chi connectivity index (χ1v) is 6.72. The molecule has 3 nitrogen and oxygen atoms in total. The zero-order valence-electron chi connectivity index (χ0n) is 10.5. The second-order valence-electron chi connectivity index (χ2n) is 5.11. The summed E-state index contributed by atoms with van der Waals surface area (Å²) in [6.45, 7) is 4.73. The first-order valence-electron chi connectivity index (χ1n) is 6.34. The normalized spacial score (nSPS) is 19.2. The van der Waals surface area contributed by atoms with Crippen LogP contribution in [0.1, 0.15) is 56.4 Å². The molecule has 0 bridgehead atoms. The Labute approximate surface area is 107 Å². The van der Waals surface area contributed by atoms with Crippen molar-refractivity contribution >= 4 is 17.4 Å². The monoisotopic (exact) mass is 254 g/mol. The number of aryl methyl sites for hydroxylation is 1. The van der Waals surface area contributed by atoms with Crippen LogP contribution in [0.5, 0.6) is 0 Å². The van der Waals surface area contributed by atoms with Gasteiger partial charge in [-0.15, -0.1) is 0 Å². The quantitative estimate of drug-likeness (QED) is 0.771. The summed E-state index contributed by atoms with van der Waals surface area (Å²) in [7, 11) is 0. The van der Waals surface area contributed by atoms with Crippen LogP contribution in [0.4, 0.5) is 0 Å². The number of carbonyl (C=O) groups excluding carboxylic acids is 1. The molecule has 0 unspecified atom stereocenters. The number of aromatic nitrogens is 2. The second kappa shape index (κ2) is 4.81. The van der Waals surface area contributed by atoms with E-state index in [1.165, 1.54) is 6.42 Å². The highest BCUT2D eigenvalue weighted by atomic mass is 35.5. The summed E-state index contributed by atoms with van der Waals surface area (Å²) >= 11 is 6.10. The van der Waals surface area contributed by atoms with Crippen LogP contribution >= 0.6 is 11.6 Å². The van der Waals surface area contributed by atoms with E-state index in [0.717, 1.165) is 25.7 Å². The molecule has 17 heavy (non-hydrogen) atoms. The third kappa shape index (κ3) is 2.25. The number of carbonyl (C=O) groups is 1. The average Bonchev–Trinajstić information content (AvgIpc) is 2.70. The molecule has 2 rings (SSSR count). The molecule has 0 aromatic carbocycles. The van der Waals surface area contributed by atoms with Gasteiger partial charge < -0.3 is 0 Å². The van der Waals surface area contributed by atoms with E-state index in [1.807, 2.05) is 6.92 Å². The van der Waals surface area contributed by atoms with E-state index in [9.17, 15) is 4.79 Å². The molecule has 0 spiro atoms. The van der Waals surface area contributed by atoms with Crippen molar-refractivity contribution in [1.82, 2.24) is 9.78 Å². The van der Waals surface area contributed by atoms with Crippen molar-refractivity contribution in [3.8, 4) is 0 Å². The lowest BCUT2D eigenvalue weighted by atomic mass is 9.72. The van der Waals surface area contributed by atoms with E-state index in [4.69, 9.17) is 11.6 Å². The van der Waals surface area contributed by atoms with Crippen LogP contribution in [0.15, 0.2) is 6.20 Å². The van der Waals surface area contributed by atoms with E-state index in [1.54, 1.807) is 10.9 Å². The van der Waals surface area contributed by atoms with Crippen LogP contribution in [-0.4, -0.2) is 15.6 Å². The maximum atomic E-state index is 12.6. The van der Waals surface area contributed by atoms with Crippen molar-refractivity contribution in [2.75, 3.05) is 0 Å². The molecule has 0 aliphatic heterocycles. The van der Waals surface area contributed by atoms with Gasteiger partial charge in [0.15, 0.2) is 5.78 Å². The van der Waals surface area contributed by atoms with Gasteiger partial charge in [-0.2, -0.15) is 5.10 Å². The van der Waals surface area contributed by atoms with Crippen LogP contribution in [0.2, 0.25) is 5.02 Å². The summed E-state index contributed by atoms with van der Waals surface area (Å²) in [4.78, 5) is 12.6. The minimum absolute atomic E-state index is 0.168. The van der Waals surface area contributed by atoms with Gasteiger partial charge in [-0.1, -0.05) is 37.8 Å². The highest BCUT2D eigenvalue weighted by molar-refractivity contribution is 6.33. The molecule has 1 fully saturated rings.